The van der Waals surface area contributed by atoms with E-state index in [-0.39, 0.29) is 0 Å². The van der Waals surface area contributed by atoms with Crippen LogP contribution in [0.4, 0.5) is 4.39 Å². The lowest BCUT2D eigenvalue weighted by molar-refractivity contribution is 0.437. The van der Waals surface area contributed by atoms with Crippen molar-refractivity contribution in [3.63, 3.8) is 0 Å². The summed E-state index contributed by atoms with van der Waals surface area (Å²) < 4.78 is 14.0. The predicted molar refractivity (Wildman–Crippen MR) is 54.7 cm³/mol. The summed E-state index contributed by atoms with van der Waals surface area (Å²) in [5.41, 5.74) is 6.31. The normalized spacial score (nSPS) is 13.0. The fraction of sp³-hybridized carbons (Fsp3) is 0.250. The maximum absolute atomic E-state index is 12.2. The summed E-state index contributed by atoms with van der Waals surface area (Å²) >= 11 is 6.60. The minimum absolute atomic E-state index is 0.529. The highest BCUT2D eigenvalue weighted by atomic mass is 79.9. The van der Waals surface area contributed by atoms with Gasteiger partial charge in [-0.25, -0.2) is 4.39 Å². The Bertz CT molecular complexity index is 258. The van der Waals surface area contributed by atoms with Crippen LogP contribution in [0.5, 0.6) is 0 Å². The van der Waals surface area contributed by atoms with E-state index in [4.69, 9.17) is 5.73 Å². The maximum Gasteiger partial charge on any atom is 0.109 e. The molecule has 0 radical (unpaired) electrons. The third kappa shape index (κ3) is 2.54. The summed E-state index contributed by atoms with van der Waals surface area (Å²) in [5.74, 6) is 0. The Morgan fingerprint density at radius 1 is 1.25 bits per heavy atom. The Kier molecular flexibility index (Phi) is 3.68. The molecule has 1 aromatic rings. The van der Waals surface area contributed by atoms with Crippen LogP contribution in [0.2, 0.25) is 0 Å². The molecule has 1 rings (SSSR count). The molecule has 0 aliphatic rings. The van der Waals surface area contributed by atoms with Gasteiger partial charge in [0.25, 0.3) is 0 Å². The second kappa shape index (κ2) is 4.35. The minimum Gasteiger partial charge on any atom is -0.322 e. The largest absolute Gasteiger partial charge is 0.322 e. The molecule has 0 fully saturated rings. The molecular formula is C8H8Br2FN. The number of halogens is 3. The smallest absolute Gasteiger partial charge is 0.109 e. The first-order valence-electron chi connectivity index (χ1n) is 3.41. The number of nitrogens with two attached hydrogens (primary N) is 1. The van der Waals surface area contributed by atoms with Crippen LogP contribution in [0.15, 0.2) is 27.1 Å². The molecule has 0 aromatic heterocycles. The second-order valence-electron chi connectivity index (χ2n) is 2.46. The van der Waals surface area contributed by atoms with E-state index in [1.54, 1.807) is 0 Å². The van der Waals surface area contributed by atoms with Gasteiger partial charge in [-0.15, -0.1) is 0 Å². The van der Waals surface area contributed by atoms with E-state index in [0.717, 1.165) is 14.5 Å². The van der Waals surface area contributed by atoms with Gasteiger partial charge in [0, 0.05) is 8.95 Å². The Morgan fingerprint density at radius 2 is 1.75 bits per heavy atom. The molecule has 12 heavy (non-hydrogen) atoms. The molecule has 0 aliphatic carbocycles. The zero-order valence-corrected chi connectivity index (χ0v) is 9.40. The Labute approximate surface area is 87.4 Å². The lowest BCUT2D eigenvalue weighted by Gasteiger charge is -2.08. The van der Waals surface area contributed by atoms with Crippen molar-refractivity contribution in [3.8, 4) is 0 Å². The first-order valence-corrected chi connectivity index (χ1v) is 4.99. The fourth-order valence-corrected chi connectivity index (χ4v) is 2.21. The average Bonchev–Trinajstić information content (AvgIpc) is 2.01. The van der Waals surface area contributed by atoms with Crippen LogP contribution >= 0.6 is 31.9 Å². The standard InChI is InChI=1S/C8H8Br2FN/c9-6-1-5(8(12)4-11)2-7(10)3-6/h1-3,8H,4,12H2. The molecule has 4 heteroatoms. The van der Waals surface area contributed by atoms with Crippen molar-refractivity contribution in [1.29, 1.82) is 0 Å². The van der Waals surface area contributed by atoms with Crippen molar-refractivity contribution in [2.45, 2.75) is 6.04 Å². The SMILES string of the molecule is NC(CF)c1cc(Br)cc(Br)c1. The Morgan fingerprint density at radius 3 is 2.17 bits per heavy atom. The fourth-order valence-electron chi connectivity index (χ4n) is 0.878. The van der Waals surface area contributed by atoms with Crippen LogP contribution in [0.1, 0.15) is 11.6 Å². The van der Waals surface area contributed by atoms with E-state index in [0.29, 0.717) is 0 Å². The molecule has 0 heterocycles. The number of hydrogen-bond acceptors (Lipinski definition) is 1. The molecule has 0 saturated heterocycles. The molecule has 0 saturated carbocycles. The summed E-state index contributed by atoms with van der Waals surface area (Å²) in [6, 6.07) is 4.98. The molecule has 0 aliphatic heterocycles. The lowest BCUT2D eigenvalue weighted by atomic mass is 10.1. The highest BCUT2D eigenvalue weighted by molar-refractivity contribution is 9.11. The summed E-state index contributed by atoms with van der Waals surface area (Å²) in [4.78, 5) is 0. The molecule has 66 valence electrons. The predicted octanol–water partition coefficient (Wildman–Crippen LogP) is 3.18. The van der Waals surface area contributed by atoms with Gasteiger partial charge in [0.2, 0.25) is 0 Å². The molecular weight excluding hydrogens is 289 g/mol. The van der Waals surface area contributed by atoms with Gasteiger partial charge in [0.1, 0.15) is 6.67 Å². The van der Waals surface area contributed by atoms with Crippen LogP contribution < -0.4 is 5.73 Å². The Hall–Kier alpha value is 0.0700. The highest BCUT2D eigenvalue weighted by Crippen LogP contribution is 2.23. The molecule has 0 bridgehead atoms. The summed E-state index contributed by atoms with van der Waals surface area (Å²) in [5, 5.41) is 0. The van der Waals surface area contributed by atoms with Crippen molar-refractivity contribution < 1.29 is 4.39 Å². The molecule has 1 unspecified atom stereocenters. The molecule has 1 atom stereocenters. The van der Waals surface area contributed by atoms with Crippen LogP contribution in [0.25, 0.3) is 0 Å². The highest BCUT2D eigenvalue weighted by Gasteiger charge is 2.06. The first kappa shape index (κ1) is 10.2. The lowest BCUT2D eigenvalue weighted by Crippen LogP contribution is -2.11. The minimum atomic E-state index is -0.539. The zero-order chi connectivity index (χ0) is 9.14. The van der Waals surface area contributed by atoms with Gasteiger partial charge in [-0.2, -0.15) is 0 Å². The van der Waals surface area contributed by atoms with Crippen molar-refractivity contribution in [2.75, 3.05) is 6.67 Å². The molecule has 0 spiro atoms. The summed E-state index contributed by atoms with van der Waals surface area (Å²) in [6.07, 6.45) is 0. The second-order valence-corrected chi connectivity index (χ2v) is 4.29. The van der Waals surface area contributed by atoms with E-state index in [1.165, 1.54) is 0 Å². The van der Waals surface area contributed by atoms with Crippen molar-refractivity contribution in [2.24, 2.45) is 5.73 Å². The van der Waals surface area contributed by atoms with Crippen LogP contribution in [-0.4, -0.2) is 6.67 Å². The van der Waals surface area contributed by atoms with Crippen molar-refractivity contribution in [1.82, 2.24) is 0 Å². The molecule has 2 N–H and O–H groups in total. The van der Waals surface area contributed by atoms with E-state index in [9.17, 15) is 4.39 Å². The maximum atomic E-state index is 12.2. The van der Waals surface area contributed by atoms with E-state index < -0.39 is 12.7 Å². The van der Waals surface area contributed by atoms with Crippen LogP contribution in [0, 0.1) is 0 Å². The van der Waals surface area contributed by atoms with Gasteiger partial charge in [-0.1, -0.05) is 31.9 Å². The summed E-state index contributed by atoms with van der Waals surface area (Å²) in [7, 11) is 0. The monoisotopic (exact) mass is 295 g/mol. The molecule has 1 nitrogen and oxygen atoms in total. The van der Waals surface area contributed by atoms with E-state index >= 15 is 0 Å². The molecule has 1 aromatic carbocycles. The van der Waals surface area contributed by atoms with Gasteiger partial charge in [0.05, 0.1) is 6.04 Å². The van der Waals surface area contributed by atoms with Crippen LogP contribution in [-0.2, 0) is 0 Å². The van der Waals surface area contributed by atoms with Gasteiger partial charge in [-0.05, 0) is 23.8 Å². The van der Waals surface area contributed by atoms with Gasteiger partial charge in [0.15, 0.2) is 0 Å². The topological polar surface area (TPSA) is 26.0 Å². The van der Waals surface area contributed by atoms with E-state index in [2.05, 4.69) is 31.9 Å². The van der Waals surface area contributed by atoms with E-state index in [1.807, 2.05) is 18.2 Å². The number of alkyl halides is 1. The molecule has 0 amide bonds. The summed E-state index contributed by atoms with van der Waals surface area (Å²) in [6.45, 7) is -0.539. The number of hydrogen-bond donors (Lipinski definition) is 1. The number of benzene rings is 1. The zero-order valence-electron chi connectivity index (χ0n) is 6.23. The third-order valence-corrected chi connectivity index (χ3v) is 2.39. The van der Waals surface area contributed by atoms with Gasteiger partial charge >= 0.3 is 0 Å². The van der Waals surface area contributed by atoms with Crippen molar-refractivity contribution >= 4 is 31.9 Å². The van der Waals surface area contributed by atoms with Gasteiger partial charge in [-0.3, -0.25) is 0 Å². The first-order chi connectivity index (χ1) is 5.63. The van der Waals surface area contributed by atoms with Gasteiger partial charge < -0.3 is 5.73 Å². The van der Waals surface area contributed by atoms with Crippen LogP contribution in [0.3, 0.4) is 0 Å². The Balaban J connectivity index is 3.00. The van der Waals surface area contributed by atoms with Crippen molar-refractivity contribution in [3.05, 3.63) is 32.7 Å². The average molecular weight is 297 g/mol. The quantitative estimate of drug-likeness (QED) is 0.891. The third-order valence-electron chi connectivity index (χ3n) is 1.48. The number of rotatable bonds is 2.